The molecule has 0 aliphatic heterocycles. The molecule has 0 aromatic heterocycles. The summed E-state index contributed by atoms with van der Waals surface area (Å²) in [5.41, 5.74) is 7.20. The lowest BCUT2D eigenvalue weighted by Gasteiger charge is -2.27. The molecule has 0 atom stereocenters. The molecule has 252 valence electrons. The van der Waals surface area contributed by atoms with Crippen LogP contribution in [0, 0.1) is 5.41 Å². The van der Waals surface area contributed by atoms with Gasteiger partial charge in [0.25, 0.3) is 0 Å². The van der Waals surface area contributed by atoms with Gasteiger partial charge in [-0.15, -0.1) is 0 Å². The Morgan fingerprint density at radius 3 is 1.87 bits per heavy atom. The number of aryl methyl sites for hydroxylation is 2. The van der Waals surface area contributed by atoms with Gasteiger partial charge >= 0.3 is 11.9 Å². The number of aliphatic hydroxyl groups is 3. The fourth-order valence-electron chi connectivity index (χ4n) is 5.00. The maximum atomic E-state index is 12.0. The van der Waals surface area contributed by atoms with Crippen molar-refractivity contribution in [1.29, 1.82) is 0 Å². The fraction of sp³-hybridized carbons (Fsp3) is 0.385. The molecule has 0 heterocycles. The van der Waals surface area contributed by atoms with Crippen molar-refractivity contribution >= 4 is 11.9 Å². The van der Waals surface area contributed by atoms with E-state index in [1.165, 1.54) is 11.1 Å². The van der Waals surface area contributed by atoms with Crippen LogP contribution in [0.2, 0.25) is 0 Å². The maximum Gasteiger partial charge on any atom is 0.333 e. The molecule has 0 aliphatic carbocycles. The molecule has 0 radical (unpaired) electrons. The van der Waals surface area contributed by atoms with E-state index < -0.39 is 11.4 Å². The number of aliphatic hydroxyl groups excluding tert-OH is 3. The van der Waals surface area contributed by atoms with Crippen molar-refractivity contribution in [3.05, 3.63) is 102 Å². The van der Waals surface area contributed by atoms with E-state index in [1.54, 1.807) is 13.8 Å². The molecule has 3 aromatic rings. The predicted molar refractivity (Wildman–Crippen MR) is 184 cm³/mol. The zero-order chi connectivity index (χ0) is 34.4. The van der Waals surface area contributed by atoms with Crippen molar-refractivity contribution < 1.29 is 39.1 Å². The normalized spacial score (nSPS) is 11.2. The van der Waals surface area contributed by atoms with E-state index in [9.17, 15) is 24.9 Å². The second-order valence-electron chi connectivity index (χ2n) is 12.0. The van der Waals surface area contributed by atoms with Crippen molar-refractivity contribution in [3.8, 4) is 28.0 Å². The number of esters is 2. The minimum absolute atomic E-state index is 0.147. The second kappa shape index (κ2) is 18.2. The number of ether oxygens (including phenoxy) is 3. The summed E-state index contributed by atoms with van der Waals surface area (Å²) in [6.07, 6.45) is 3.04. The highest BCUT2D eigenvalue weighted by Crippen LogP contribution is 2.33. The summed E-state index contributed by atoms with van der Waals surface area (Å²) in [5, 5.41) is 29.0. The van der Waals surface area contributed by atoms with Crippen LogP contribution >= 0.6 is 0 Å². The van der Waals surface area contributed by atoms with E-state index in [2.05, 4.69) is 62.5 Å². The Morgan fingerprint density at radius 2 is 1.28 bits per heavy atom. The molecule has 0 aliphatic rings. The quantitative estimate of drug-likeness (QED) is 0.0822. The molecule has 3 N–H and O–H groups in total. The Hall–Kier alpha value is -4.24. The molecule has 0 fully saturated rings. The van der Waals surface area contributed by atoms with Crippen LogP contribution in [-0.2, 0) is 38.3 Å². The lowest BCUT2D eigenvalue weighted by Crippen LogP contribution is -2.35. The van der Waals surface area contributed by atoms with Crippen LogP contribution in [-0.4, -0.2) is 66.9 Å². The van der Waals surface area contributed by atoms with Gasteiger partial charge in [-0.2, -0.15) is 0 Å². The third-order valence-corrected chi connectivity index (χ3v) is 8.19. The highest BCUT2D eigenvalue weighted by atomic mass is 16.5. The summed E-state index contributed by atoms with van der Waals surface area (Å²) >= 11 is 0. The number of benzene rings is 3. The number of hydrogen-bond donors (Lipinski definition) is 3. The first-order valence-electron chi connectivity index (χ1n) is 16.0. The van der Waals surface area contributed by atoms with E-state index in [4.69, 9.17) is 14.2 Å². The molecule has 0 unspecified atom stereocenters. The van der Waals surface area contributed by atoms with Crippen LogP contribution in [0.1, 0.15) is 50.3 Å². The average molecular weight is 645 g/mol. The molecular weight excluding hydrogens is 596 g/mol. The number of hydrogen-bond acceptors (Lipinski definition) is 8. The van der Waals surface area contributed by atoms with Crippen molar-refractivity contribution in [2.45, 2.75) is 52.9 Å². The summed E-state index contributed by atoms with van der Waals surface area (Å²) in [6, 6.07) is 20.8. The Morgan fingerprint density at radius 1 is 0.702 bits per heavy atom. The van der Waals surface area contributed by atoms with E-state index in [0.29, 0.717) is 29.9 Å². The first kappa shape index (κ1) is 37.2. The van der Waals surface area contributed by atoms with Crippen LogP contribution in [0.5, 0.6) is 5.75 Å². The topological polar surface area (TPSA) is 123 Å². The summed E-state index contributed by atoms with van der Waals surface area (Å²) < 4.78 is 16.6. The van der Waals surface area contributed by atoms with Crippen LogP contribution in [0.4, 0.5) is 0 Å². The Bertz CT molecular complexity index is 1510. The van der Waals surface area contributed by atoms with Crippen molar-refractivity contribution in [2.24, 2.45) is 5.41 Å². The predicted octanol–water partition coefficient (Wildman–Crippen LogP) is 6.03. The van der Waals surface area contributed by atoms with Gasteiger partial charge in [-0.05, 0) is 90.6 Å². The largest absolute Gasteiger partial charge is 0.493 e. The molecule has 47 heavy (non-hydrogen) atoms. The van der Waals surface area contributed by atoms with Gasteiger partial charge < -0.3 is 29.5 Å². The van der Waals surface area contributed by atoms with Crippen molar-refractivity contribution in [2.75, 3.05) is 39.6 Å². The fourth-order valence-corrected chi connectivity index (χ4v) is 5.00. The number of carbonyl (C=O) groups excluding carboxylic acids is 2. The molecule has 0 saturated carbocycles. The molecule has 0 spiro atoms. The van der Waals surface area contributed by atoms with Gasteiger partial charge in [0, 0.05) is 23.0 Å². The molecule has 0 saturated heterocycles. The van der Waals surface area contributed by atoms with Gasteiger partial charge in [-0.25, -0.2) is 9.59 Å². The standard InChI is InChI=1S/C39H48O8/c1-6-30-22-32(31-11-9-29(10-12-31)8-7-19-46-37(43)27(2)3)13-15-35(30)33-14-16-36(45-21-18-39(24-40,25-41)26-42)34(23-33)17-20-47-38(44)28(4)5/h9-16,22-23,40-42H,2,4,6-8,17-21,24-26H2,1,3,5H3. The highest BCUT2D eigenvalue weighted by molar-refractivity contribution is 5.87. The van der Waals surface area contributed by atoms with Gasteiger partial charge in [-0.1, -0.05) is 68.6 Å². The lowest BCUT2D eigenvalue weighted by molar-refractivity contribution is -0.139. The molecule has 0 bridgehead atoms. The average Bonchev–Trinajstić information content (AvgIpc) is 3.09. The van der Waals surface area contributed by atoms with E-state index in [1.807, 2.05) is 18.2 Å². The first-order chi connectivity index (χ1) is 22.6. The SMILES string of the molecule is C=C(C)C(=O)OCCCc1ccc(-c2ccc(-c3ccc(OCCC(CO)(CO)CO)c(CCOC(=O)C(=C)C)c3)c(CC)c2)cc1. The Kier molecular flexibility index (Phi) is 14.4. The van der Waals surface area contributed by atoms with E-state index >= 15 is 0 Å². The van der Waals surface area contributed by atoms with Gasteiger partial charge in [0.2, 0.25) is 0 Å². The number of carbonyl (C=O) groups is 2. The third kappa shape index (κ3) is 10.6. The Labute approximate surface area is 278 Å². The third-order valence-electron chi connectivity index (χ3n) is 8.19. The molecule has 3 aromatic carbocycles. The zero-order valence-electron chi connectivity index (χ0n) is 27.8. The summed E-state index contributed by atoms with van der Waals surface area (Å²) in [6.45, 7) is 12.2. The van der Waals surface area contributed by atoms with Crippen LogP contribution in [0.25, 0.3) is 22.3 Å². The lowest BCUT2D eigenvalue weighted by atomic mass is 9.88. The highest BCUT2D eigenvalue weighted by Gasteiger charge is 2.28. The minimum Gasteiger partial charge on any atom is -0.493 e. The van der Waals surface area contributed by atoms with Crippen LogP contribution < -0.4 is 4.74 Å². The number of rotatable bonds is 19. The molecule has 0 amide bonds. The summed E-state index contributed by atoms with van der Waals surface area (Å²) in [4.78, 5) is 23.6. The van der Waals surface area contributed by atoms with Crippen molar-refractivity contribution in [1.82, 2.24) is 0 Å². The van der Waals surface area contributed by atoms with Crippen LogP contribution in [0.3, 0.4) is 0 Å². The van der Waals surface area contributed by atoms with Gasteiger partial charge in [0.15, 0.2) is 0 Å². The summed E-state index contributed by atoms with van der Waals surface area (Å²) in [5.74, 6) is -0.210. The van der Waals surface area contributed by atoms with Crippen LogP contribution in [0.15, 0.2) is 85.0 Å². The zero-order valence-corrected chi connectivity index (χ0v) is 27.8. The Balaban J connectivity index is 1.79. The molecular formula is C39H48O8. The second-order valence-corrected chi connectivity index (χ2v) is 12.0. The van der Waals surface area contributed by atoms with Gasteiger partial charge in [-0.3, -0.25) is 0 Å². The molecule has 8 heteroatoms. The molecule has 3 rings (SSSR count). The monoisotopic (exact) mass is 644 g/mol. The van der Waals surface area contributed by atoms with E-state index in [0.717, 1.165) is 47.1 Å². The van der Waals surface area contributed by atoms with Gasteiger partial charge in [0.1, 0.15) is 5.75 Å². The maximum absolute atomic E-state index is 12.0. The minimum atomic E-state index is -1.03. The summed E-state index contributed by atoms with van der Waals surface area (Å²) in [7, 11) is 0. The van der Waals surface area contributed by atoms with E-state index in [-0.39, 0.29) is 45.4 Å². The first-order valence-corrected chi connectivity index (χ1v) is 16.0. The smallest absolute Gasteiger partial charge is 0.333 e. The molecule has 8 nitrogen and oxygen atoms in total. The van der Waals surface area contributed by atoms with Crippen molar-refractivity contribution in [3.63, 3.8) is 0 Å². The van der Waals surface area contributed by atoms with Gasteiger partial charge in [0.05, 0.1) is 39.6 Å².